The Hall–Kier alpha value is -2.51. The molecule has 3 heterocycles. The minimum atomic E-state index is 0.00696. The van der Waals surface area contributed by atoms with Crippen LogP contribution < -0.4 is 4.74 Å². The second-order valence-electron chi connectivity index (χ2n) is 9.02. The quantitative estimate of drug-likeness (QED) is 0.688. The molecule has 4 rings (SSSR count). The Morgan fingerprint density at radius 1 is 1.19 bits per heavy atom. The van der Waals surface area contributed by atoms with Gasteiger partial charge in [-0.2, -0.15) is 0 Å². The zero-order chi connectivity index (χ0) is 22.5. The van der Waals surface area contributed by atoms with Gasteiger partial charge in [-0.3, -0.25) is 9.69 Å². The number of hydrogen-bond donors (Lipinski definition) is 0. The van der Waals surface area contributed by atoms with Crippen LogP contribution in [-0.2, 0) is 11.3 Å². The fourth-order valence-electron chi connectivity index (χ4n) is 4.44. The summed E-state index contributed by atoms with van der Waals surface area (Å²) in [7, 11) is 0. The van der Waals surface area contributed by atoms with E-state index in [9.17, 15) is 4.79 Å². The van der Waals surface area contributed by atoms with Crippen LogP contribution in [0.1, 0.15) is 60.0 Å². The third-order valence-corrected chi connectivity index (χ3v) is 6.10. The Bertz CT molecular complexity index is 910. The highest BCUT2D eigenvalue weighted by molar-refractivity contribution is 5.95. The van der Waals surface area contributed by atoms with Crippen LogP contribution >= 0.6 is 0 Å². The number of hydrogen-bond acceptors (Lipinski definition) is 6. The highest BCUT2D eigenvalue weighted by atomic mass is 16.5. The van der Waals surface area contributed by atoms with Crippen molar-refractivity contribution in [2.75, 3.05) is 39.4 Å². The van der Waals surface area contributed by atoms with Gasteiger partial charge in [0, 0.05) is 38.3 Å². The van der Waals surface area contributed by atoms with Crippen LogP contribution in [-0.4, -0.2) is 71.2 Å². The van der Waals surface area contributed by atoms with E-state index in [-0.39, 0.29) is 12.0 Å². The first-order valence-corrected chi connectivity index (χ1v) is 11.7. The van der Waals surface area contributed by atoms with Crippen molar-refractivity contribution in [2.24, 2.45) is 0 Å². The molecule has 1 atom stereocenters. The van der Waals surface area contributed by atoms with Gasteiger partial charge >= 0.3 is 0 Å². The second kappa shape index (κ2) is 10.4. The predicted molar refractivity (Wildman–Crippen MR) is 123 cm³/mol. The molecule has 1 aromatic carbocycles. The molecule has 1 aromatic heterocycles. The molecule has 0 aliphatic carbocycles. The van der Waals surface area contributed by atoms with Crippen LogP contribution in [0, 0.1) is 6.92 Å². The van der Waals surface area contributed by atoms with E-state index in [1.807, 2.05) is 37.8 Å². The molecule has 0 bridgehead atoms. The summed E-state index contributed by atoms with van der Waals surface area (Å²) in [6.07, 6.45) is 4.11. The first-order chi connectivity index (χ1) is 15.5. The maximum absolute atomic E-state index is 12.8. The second-order valence-corrected chi connectivity index (χ2v) is 9.02. The Morgan fingerprint density at radius 2 is 1.94 bits per heavy atom. The van der Waals surface area contributed by atoms with Crippen molar-refractivity contribution in [1.82, 2.24) is 19.8 Å². The van der Waals surface area contributed by atoms with Crippen LogP contribution in [0.4, 0.5) is 0 Å². The summed E-state index contributed by atoms with van der Waals surface area (Å²) < 4.78 is 11.1. The third kappa shape index (κ3) is 5.64. The maximum Gasteiger partial charge on any atom is 0.257 e. The summed E-state index contributed by atoms with van der Waals surface area (Å²) in [6, 6.07) is 8.39. The minimum Gasteiger partial charge on any atom is -0.491 e. The molecule has 0 radical (unpaired) electrons. The van der Waals surface area contributed by atoms with Gasteiger partial charge in [0.15, 0.2) is 0 Å². The number of carbonyl (C=O) groups is 1. The molecule has 32 heavy (non-hydrogen) atoms. The number of aromatic nitrogens is 2. The molecule has 1 amide bonds. The van der Waals surface area contributed by atoms with E-state index in [2.05, 4.69) is 22.0 Å². The van der Waals surface area contributed by atoms with Crippen molar-refractivity contribution in [3.05, 3.63) is 53.1 Å². The monoisotopic (exact) mass is 438 g/mol. The lowest BCUT2D eigenvalue weighted by Gasteiger charge is -2.32. The number of ether oxygens (including phenoxy) is 2. The number of rotatable bonds is 6. The van der Waals surface area contributed by atoms with Crippen molar-refractivity contribution < 1.29 is 14.3 Å². The summed E-state index contributed by atoms with van der Waals surface area (Å²) in [5.41, 5.74) is 2.65. The molecule has 0 N–H and O–H groups in total. The lowest BCUT2D eigenvalue weighted by atomic mass is 9.96. The van der Waals surface area contributed by atoms with E-state index in [4.69, 9.17) is 14.5 Å². The number of morpholine rings is 1. The van der Waals surface area contributed by atoms with Gasteiger partial charge in [0.1, 0.15) is 11.6 Å². The predicted octanol–water partition coefficient (Wildman–Crippen LogP) is 3.42. The average molecular weight is 439 g/mol. The molecule has 7 nitrogen and oxygen atoms in total. The van der Waals surface area contributed by atoms with E-state index >= 15 is 0 Å². The van der Waals surface area contributed by atoms with E-state index < -0.39 is 0 Å². The Labute approximate surface area is 190 Å². The van der Waals surface area contributed by atoms with Gasteiger partial charge in [-0.1, -0.05) is 12.1 Å². The number of piperidine rings is 1. The van der Waals surface area contributed by atoms with E-state index in [0.717, 1.165) is 49.7 Å². The minimum absolute atomic E-state index is 0.00696. The molecule has 2 aliphatic rings. The molecule has 0 saturated carbocycles. The summed E-state index contributed by atoms with van der Waals surface area (Å²) in [6.45, 7) is 11.3. The lowest BCUT2D eigenvalue weighted by Crippen LogP contribution is -2.41. The first-order valence-electron chi connectivity index (χ1n) is 11.7. The molecule has 2 fully saturated rings. The number of amides is 1. The Morgan fingerprint density at radius 3 is 2.62 bits per heavy atom. The highest BCUT2D eigenvalue weighted by Crippen LogP contribution is 2.26. The van der Waals surface area contributed by atoms with Crippen molar-refractivity contribution >= 4 is 5.91 Å². The fraction of sp³-hybridized carbons (Fsp3) is 0.560. The Kier molecular flexibility index (Phi) is 7.37. The van der Waals surface area contributed by atoms with Gasteiger partial charge in [-0.15, -0.1) is 0 Å². The number of nitrogens with zero attached hydrogens (tertiary/aromatic N) is 4. The van der Waals surface area contributed by atoms with Crippen molar-refractivity contribution in [1.29, 1.82) is 0 Å². The van der Waals surface area contributed by atoms with Crippen LogP contribution in [0.15, 0.2) is 30.5 Å². The molecule has 172 valence electrons. The summed E-state index contributed by atoms with van der Waals surface area (Å²) >= 11 is 0. The lowest BCUT2D eigenvalue weighted by molar-refractivity contribution is 0.0301. The highest BCUT2D eigenvalue weighted by Gasteiger charge is 2.26. The zero-order valence-electron chi connectivity index (χ0n) is 19.4. The SMILES string of the molecule is Cc1nc(C2CCCN(Cc3ccc(OC(C)C)cc3)C2)ncc1C(=O)N1CCOCC1. The Balaban J connectivity index is 1.38. The number of benzene rings is 1. The maximum atomic E-state index is 12.8. The molecule has 2 aromatic rings. The van der Waals surface area contributed by atoms with E-state index in [1.165, 1.54) is 5.56 Å². The van der Waals surface area contributed by atoms with Crippen LogP contribution in [0.25, 0.3) is 0 Å². The molecular weight excluding hydrogens is 404 g/mol. The molecule has 7 heteroatoms. The topological polar surface area (TPSA) is 67.8 Å². The summed E-state index contributed by atoms with van der Waals surface area (Å²) in [5.74, 6) is 2.06. The smallest absolute Gasteiger partial charge is 0.257 e. The average Bonchev–Trinajstić information content (AvgIpc) is 2.80. The number of carbonyl (C=O) groups excluding carboxylic acids is 1. The standard InChI is InChI=1S/C25H34N4O3/c1-18(2)32-22-8-6-20(7-9-22)16-28-10-4-5-21(17-28)24-26-15-23(19(3)27-24)25(30)29-11-13-31-14-12-29/h6-9,15,18,21H,4-5,10-14,16-17H2,1-3H3. The fourth-order valence-corrected chi connectivity index (χ4v) is 4.44. The van der Waals surface area contributed by atoms with Crippen LogP contribution in [0.2, 0.25) is 0 Å². The molecular formula is C25H34N4O3. The normalized spacial score (nSPS) is 19.9. The molecule has 2 aliphatic heterocycles. The van der Waals surface area contributed by atoms with Gasteiger partial charge < -0.3 is 14.4 Å². The van der Waals surface area contributed by atoms with Crippen molar-refractivity contribution in [3.8, 4) is 5.75 Å². The van der Waals surface area contributed by atoms with Gasteiger partial charge in [0.05, 0.1) is 30.6 Å². The summed E-state index contributed by atoms with van der Waals surface area (Å²) in [5, 5.41) is 0. The number of aryl methyl sites for hydroxylation is 1. The van der Waals surface area contributed by atoms with Gasteiger partial charge in [-0.25, -0.2) is 9.97 Å². The zero-order valence-corrected chi connectivity index (χ0v) is 19.4. The largest absolute Gasteiger partial charge is 0.491 e. The third-order valence-electron chi connectivity index (χ3n) is 6.10. The van der Waals surface area contributed by atoms with Gasteiger partial charge in [-0.05, 0) is 57.9 Å². The van der Waals surface area contributed by atoms with Crippen LogP contribution in [0.5, 0.6) is 5.75 Å². The van der Waals surface area contributed by atoms with Crippen molar-refractivity contribution in [2.45, 2.75) is 52.2 Å². The summed E-state index contributed by atoms with van der Waals surface area (Å²) in [4.78, 5) is 26.5. The molecule has 0 spiro atoms. The van der Waals surface area contributed by atoms with E-state index in [1.54, 1.807) is 6.20 Å². The van der Waals surface area contributed by atoms with E-state index in [0.29, 0.717) is 37.8 Å². The van der Waals surface area contributed by atoms with Crippen molar-refractivity contribution in [3.63, 3.8) is 0 Å². The molecule has 1 unspecified atom stereocenters. The van der Waals surface area contributed by atoms with Gasteiger partial charge in [0.2, 0.25) is 0 Å². The van der Waals surface area contributed by atoms with Gasteiger partial charge in [0.25, 0.3) is 5.91 Å². The first kappa shape index (κ1) is 22.7. The molecule has 2 saturated heterocycles. The van der Waals surface area contributed by atoms with Crippen LogP contribution in [0.3, 0.4) is 0 Å². The number of likely N-dealkylation sites (tertiary alicyclic amines) is 1.